The molecule has 0 amide bonds. The van der Waals surface area contributed by atoms with Gasteiger partial charge in [0, 0.05) is 0 Å². The molecule has 0 saturated carbocycles. The van der Waals surface area contributed by atoms with E-state index < -0.39 is 0 Å². The first kappa shape index (κ1) is 11.4. The Morgan fingerprint density at radius 3 is 2.58 bits per heavy atom. The van der Waals surface area contributed by atoms with Crippen molar-refractivity contribution in [2.75, 3.05) is 0 Å². The number of carbonyl (C=O) groups excluding carboxylic acids is 1. The topological polar surface area (TPSA) is 17.1 Å². The van der Waals surface area contributed by atoms with E-state index in [4.69, 9.17) is 0 Å². The molecule has 0 aliphatic carbocycles. The van der Waals surface area contributed by atoms with Crippen LogP contribution in [0.5, 0.6) is 0 Å². The number of aldehydes is 1. The molecular formula is C11H20O. The van der Waals surface area contributed by atoms with Crippen LogP contribution in [0.3, 0.4) is 0 Å². The van der Waals surface area contributed by atoms with Crippen LogP contribution in [0.1, 0.15) is 46.5 Å². The third kappa shape index (κ3) is 6.14. The molecular weight excluding hydrogens is 148 g/mol. The molecule has 1 atom stereocenters. The molecule has 0 N–H and O–H groups in total. The van der Waals surface area contributed by atoms with Gasteiger partial charge in [0.05, 0.1) is 0 Å². The Bertz CT molecular complexity index is 147. The molecule has 0 heterocycles. The van der Waals surface area contributed by atoms with Crippen LogP contribution in [0.4, 0.5) is 0 Å². The molecule has 12 heavy (non-hydrogen) atoms. The first-order valence-corrected chi connectivity index (χ1v) is 4.81. The molecule has 0 aliphatic rings. The third-order valence-electron chi connectivity index (χ3n) is 2.17. The zero-order valence-electron chi connectivity index (χ0n) is 8.47. The minimum atomic E-state index is 0.796. The first-order chi connectivity index (χ1) is 5.70. The lowest BCUT2D eigenvalue weighted by Gasteiger charge is -2.08. The fraction of sp³-hybridized carbons (Fsp3) is 0.727. The predicted molar refractivity (Wildman–Crippen MR) is 53.1 cm³/mol. The Balaban J connectivity index is 3.53. The Morgan fingerprint density at radius 1 is 1.42 bits per heavy atom. The molecule has 0 rings (SSSR count). The van der Waals surface area contributed by atoms with Crippen molar-refractivity contribution in [2.24, 2.45) is 5.92 Å². The Hall–Kier alpha value is -0.590. The molecule has 1 nitrogen and oxygen atoms in total. The lowest BCUT2D eigenvalue weighted by atomic mass is 9.98. The summed E-state index contributed by atoms with van der Waals surface area (Å²) in [4.78, 5) is 10.1. The summed E-state index contributed by atoms with van der Waals surface area (Å²) in [5.74, 6) is 0.796. The van der Waals surface area contributed by atoms with Gasteiger partial charge in [0.2, 0.25) is 0 Å². The van der Waals surface area contributed by atoms with Crippen molar-refractivity contribution in [1.82, 2.24) is 0 Å². The third-order valence-corrected chi connectivity index (χ3v) is 2.17. The van der Waals surface area contributed by atoms with Crippen molar-refractivity contribution in [2.45, 2.75) is 46.5 Å². The quantitative estimate of drug-likeness (QED) is 0.439. The Labute approximate surface area is 75.9 Å². The molecule has 0 aromatic rings. The molecule has 0 aromatic heterocycles. The van der Waals surface area contributed by atoms with Gasteiger partial charge in [-0.3, -0.25) is 4.79 Å². The second kappa shape index (κ2) is 7.08. The zero-order valence-corrected chi connectivity index (χ0v) is 8.47. The van der Waals surface area contributed by atoms with E-state index in [2.05, 4.69) is 13.8 Å². The largest absolute Gasteiger partial charge is 0.299 e. The zero-order chi connectivity index (χ0) is 9.40. The van der Waals surface area contributed by atoms with Crippen molar-refractivity contribution in [3.8, 4) is 0 Å². The van der Waals surface area contributed by atoms with Crippen molar-refractivity contribution in [3.05, 3.63) is 11.6 Å². The van der Waals surface area contributed by atoms with E-state index in [9.17, 15) is 4.79 Å². The SMILES string of the molecule is CCCC(C)CCC(C)=CC=O. The van der Waals surface area contributed by atoms with E-state index in [0.29, 0.717) is 0 Å². The van der Waals surface area contributed by atoms with E-state index in [0.717, 1.165) is 18.6 Å². The molecule has 0 radical (unpaired) electrons. The van der Waals surface area contributed by atoms with Crippen LogP contribution in [0.15, 0.2) is 11.6 Å². The van der Waals surface area contributed by atoms with Crippen LogP contribution >= 0.6 is 0 Å². The summed E-state index contributed by atoms with van der Waals surface area (Å²) in [7, 11) is 0. The highest BCUT2D eigenvalue weighted by atomic mass is 16.1. The van der Waals surface area contributed by atoms with Gasteiger partial charge in [-0.25, -0.2) is 0 Å². The Morgan fingerprint density at radius 2 is 2.08 bits per heavy atom. The predicted octanol–water partition coefficient (Wildman–Crippen LogP) is 3.35. The van der Waals surface area contributed by atoms with Crippen molar-refractivity contribution >= 4 is 6.29 Å². The highest BCUT2D eigenvalue weighted by Crippen LogP contribution is 2.15. The van der Waals surface area contributed by atoms with Gasteiger partial charge in [-0.05, 0) is 31.8 Å². The molecule has 0 spiro atoms. The molecule has 0 saturated heterocycles. The monoisotopic (exact) mass is 168 g/mol. The summed E-state index contributed by atoms with van der Waals surface area (Å²) in [5, 5.41) is 0. The van der Waals surface area contributed by atoms with Crippen molar-refractivity contribution in [1.29, 1.82) is 0 Å². The standard InChI is InChI=1S/C11H20O/c1-4-5-10(2)6-7-11(3)8-9-12/h8-10H,4-7H2,1-3H3. The molecule has 1 unspecified atom stereocenters. The number of rotatable bonds is 6. The van der Waals surface area contributed by atoms with Gasteiger partial charge < -0.3 is 0 Å². The Kier molecular flexibility index (Phi) is 6.73. The summed E-state index contributed by atoms with van der Waals surface area (Å²) >= 11 is 0. The fourth-order valence-electron chi connectivity index (χ4n) is 1.31. The van der Waals surface area contributed by atoms with Gasteiger partial charge in [-0.1, -0.05) is 32.3 Å². The van der Waals surface area contributed by atoms with E-state index >= 15 is 0 Å². The van der Waals surface area contributed by atoms with Gasteiger partial charge in [-0.2, -0.15) is 0 Å². The number of carbonyl (C=O) groups is 1. The van der Waals surface area contributed by atoms with Gasteiger partial charge >= 0.3 is 0 Å². The summed E-state index contributed by atoms with van der Waals surface area (Å²) < 4.78 is 0. The molecule has 0 bridgehead atoms. The summed E-state index contributed by atoms with van der Waals surface area (Å²) in [6, 6.07) is 0. The maximum Gasteiger partial charge on any atom is 0.142 e. The molecule has 0 aliphatic heterocycles. The van der Waals surface area contributed by atoms with Crippen LogP contribution < -0.4 is 0 Å². The normalized spacial score (nSPS) is 14.4. The molecule has 0 aromatic carbocycles. The molecule has 70 valence electrons. The average molecular weight is 168 g/mol. The van der Waals surface area contributed by atoms with Crippen LogP contribution in [-0.4, -0.2) is 6.29 Å². The lowest BCUT2D eigenvalue weighted by Crippen LogP contribution is -1.94. The smallest absolute Gasteiger partial charge is 0.142 e. The van der Waals surface area contributed by atoms with Crippen LogP contribution in [0, 0.1) is 5.92 Å². The van der Waals surface area contributed by atoms with Crippen molar-refractivity contribution < 1.29 is 4.79 Å². The summed E-state index contributed by atoms with van der Waals surface area (Å²) in [6.45, 7) is 6.51. The minimum Gasteiger partial charge on any atom is -0.299 e. The van der Waals surface area contributed by atoms with Gasteiger partial charge in [0.1, 0.15) is 6.29 Å². The van der Waals surface area contributed by atoms with E-state index in [1.165, 1.54) is 24.8 Å². The van der Waals surface area contributed by atoms with E-state index in [1.54, 1.807) is 6.08 Å². The molecule has 0 fully saturated rings. The number of hydrogen-bond donors (Lipinski definition) is 0. The second-order valence-electron chi connectivity index (χ2n) is 3.58. The van der Waals surface area contributed by atoms with Gasteiger partial charge in [0.25, 0.3) is 0 Å². The van der Waals surface area contributed by atoms with Crippen molar-refractivity contribution in [3.63, 3.8) is 0 Å². The van der Waals surface area contributed by atoms with Crippen LogP contribution in [0.25, 0.3) is 0 Å². The lowest BCUT2D eigenvalue weighted by molar-refractivity contribution is -0.104. The number of allylic oxidation sites excluding steroid dienone is 2. The summed E-state index contributed by atoms with van der Waals surface area (Å²) in [5.41, 5.74) is 1.20. The molecule has 1 heteroatoms. The first-order valence-electron chi connectivity index (χ1n) is 4.81. The second-order valence-corrected chi connectivity index (χ2v) is 3.58. The highest BCUT2D eigenvalue weighted by molar-refractivity contribution is 5.65. The number of hydrogen-bond acceptors (Lipinski definition) is 1. The fourth-order valence-corrected chi connectivity index (χ4v) is 1.31. The maximum absolute atomic E-state index is 10.1. The van der Waals surface area contributed by atoms with Crippen LogP contribution in [0.2, 0.25) is 0 Å². The highest BCUT2D eigenvalue weighted by Gasteiger charge is 2.00. The summed E-state index contributed by atoms with van der Waals surface area (Å²) in [6.07, 6.45) is 7.38. The van der Waals surface area contributed by atoms with E-state index in [1.807, 2.05) is 6.92 Å². The maximum atomic E-state index is 10.1. The van der Waals surface area contributed by atoms with Gasteiger partial charge in [0.15, 0.2) is 0 Å². The minimum absolute atomic E-state index is 0.796. The van der Waals surface area contributed by atoms with Crippen LogP contribution in [-0.2, 0) is 4.79 Å². The average Bonchev–Trinajstić information content (AvgIpc) is 2.02. The van der Waals surface area contributed by atoms with E-state index in [-0.39, 0.29) is 0 Å². The van der Waals surface area contributed by atoms with Gasteiger partial charge in [-0.15, -0.1) is 0 Å².